The summed E-state index contributed by atoms with van der Waals surface area (Å²) in [5.74, 6) is 0.625. The van der Waals surface area contributed by atoms with Gasteiger partial charge in [0.25, 0.3) is 0 Å². The zero-order valence-electron chi connectivity index (χ0n) is 12.2. The average molecular weight is 275 g/mol. The van der Waals surface area contributed by atoms with Crippen molar-refractivity contribution >= 4 is 5.91 Å². The minimum Gasteiger partial charge on any atom is -0.393 e. The number of aliphatic hydroxyl groups is 1. The summed E-state index contributed by atoms with van der Waals surface area (Å²) < 4.78 is 0. The molecule has 0 radical (unpaired) electrons. The Labute approximate surface area is 121 Å². The molecule has 0 aliphatic heterocycles. The monoisotopic (exact) mass is 275 g/mol. The lowest BCUT2D eigenvalue weighted by atomic mass is 9.93. The number of carbonyl (C=O) groups is 1. The first-order valence-corrected chi connectivity index (χ1v) is 7.70. The minimum absolute atomic E-state index is 0.0970. The van der Waals surface area contributed by atoms with Crippen molar-refractivity contribution in [3.8, 4) is 0 Å². The quantitative estimate of drug-likeness (QED) is 0.838. The van der Waals surface area contributed by atoms with E-state index in [9.17, 15) is 9.90 Å². The maximum atomic E-state index is 12.1. The van der Waals surface area contributed by atoms with E-state index >= 15 is 0 Å². The normalized spacial score (nSPS) is 23.5. The SMILES string of the molecule is CC[C@H](CC(=O)NC[C@@H]1CCC[C@@H]1O)c1ccccc1. The Morgan fingerprint density at radius 2 is 2.10 bits per heavy atom. The van der Waals surface area contributed by atoms with Crippen LogP contribution in [0.2, 0.25) is 0 Å². The molecule has 1 saturated carbocycles. The van der Waals surface area contributed by atoms with E-state index in [2.05, 4.69) is 24.4 Å². The Hall–Kier alpha value is -1.35. The van der Waals surface area contributed by atoms with Gasteiger partial charge in [0.05, 0.1) is 6.10 Å². The molecule has 20 heavy (non-hydrogen) atoms. The van der Waals surface area contributed by atoms with E-state index in [-0.39, 0.29) is 23.8 Å². The molecule has 3 atom stereocenters. The summed E-state index contributed by atoms with van der Waals surface area (Å²) in [6, 6.07) is 10.2. The minimum atomic E-state index is -0.230. The molecule has 3 heteroatoms. The third-order valence-corrected chi connectivity index (χ3v) is 4.38. The smallest absolute Gasteiger partial charge is 0.220 e. The number of benzene rings is 1. The van der Waals surface area contributed by atoms with E-state index in [1.54, 1.807) is 0 Å². The molecule has 3 nitrogen and oxygen atoms in total. The number of amides is 1. The Morgan fingerprint density at radius 3 is 2.70 bits per heavy atom. The number of hydrogen-bond acceptors (Lipinski definition) is 2. The van der Waals surface area contributed by atoms with Crippen molar-refractivity contribution in [3.05, 3.63) is 35.9 Å². The van der Waals surface area contributed by atoms with E-state index in [1.807, 2.05) is 18.2 Å². The van der Waals surface area contributed by atoms with Crippen LogP contribution in [0.1, 0.15) is 50.5 Å². The fourth-order valence-corrected chi connectivity index (χ4v) is 3.02. The third-order valence-electron chi connectivity index (χ3n) is 4.38. The predicted octanol–water partition coefficient (Wildman–Crippen LogP) is 2.85. The Morgan fingerprint density at radius 1 is 1.35 bits per heavy atom. The molecule has 2 N–H and O–H groups in total. The maximum absolute atomic E-state index is 12.1. The van der Waals surface area contributed by atoms with Crippen LogP contribution in [0.15, 0.2) is 30.3 Å². The van der Waals surface area contributed by atoms with Crippen molar-refractivity contribution in [3.63, 3.8) is 0 Å². The average Bonchev–Trinajstić information content (AvgIpc) is 2.89. The van der Waals surface area contributed by atoms with Gasteiger partial charge in [-0.15, -0.1) is 0 Å². The third kappa shape index (κ3) is 4.07. The highest BCUT2D eigenvalue weighted by molar-refractivity contribution is 5.76. The van der Waals surface area contributed by atoms with Crippen LogP contribution in [0.25, 0.3) is 0 Å². The van der Waals surface area contributed by atoms with Crippen LogP contribution >= 0.6 is 0 Å². The molecule has 1 aliphatic rings. The summed E-state index contributed by atoms with van der Waals surface area (Å²) in [6.07, 6.45) is 4.24. The van der Waals surface area contributed by atoms with Crippen molar-refractivity contribution in [2.24, 2.45) is 5.92 Å². The van der Waals surface area contributed by atoms with Gasteiger partial charge in [0.15, 0.2) is 0 Å². The molecule has 0 heterocycles. The van der Waals surface area contributed by atoms with Crippen LogP contribution in [0, 0.1) is 5.92 Å². The fraction of sp³-hybridized carbons (Fsp3) is 0.588. The highest BCUT2D eigenvalue weighted by Gasteiger charge is 2.25. The van der Waals surface area contributed by atoms with Gasteiger partial charge < -0.3 is 10.4 Å². The topological polar surface area (TPSA) is 49.3 Å². The number of rotatable bonds is 6. The van der Waals surface area contributed by atoms with Crippen LogP contribution in [0.5, 0.6) is 0 Å². The highest BCUT2D eigenvalue weighted by atomic mass is 16.3. The first kappa shape index (κ1) is 15.0. The molecular weight excluding hydrogens is 250 g/mol. The van der Waals surface area contributed by atoms with Gasteiger partial charge in [-0.3, -0.25) is 4.79 Å². The number of nitrogens with one attached hydrogen (secondary N) is 1. The second-order valence-corrected chi connectivity index (χ2v) is 5.78. The molecular formula is C17H25NO2. The van der Waals surface area contributed by atoms with Gasteiger partial charge in [-0.25, -0.2) is 0 Å². The summed E-state index contributed by atoms with van der Waals surface area (Å²) in [6.45, 7) is 2.73. The van der Waals surface area contributed by atoms with Gasteiger partial charge in [0, 0.05) is 18.9 Å². The Kier molecular flexibility index (Phi) is 5.60. The largest absolute Gasteiger partial charge is 0.393 e. The summed E-state index contributed by atoms with van der Waals surface area (Å²) >= 11 is 0. The van der Waals surface area contributed by atoms with Crippen LogP contribution in [0.3, 0.4) is 0 Å². The van der Waals surface area contributed by atoms with Gasteiger partial charge >= 0.3 is 0 Å². The van der Waals surface area contributed by atoms with Crippen molar-refractivity contribution in [2.45, 2.75) is 51.0 Å². The van der Waals surface area contributed by atoms with Crippen LogP contribution < -0.4 is 5.32 Å². The molecule has 0 aromatic heterocycles. The summed E-state index contributed by atoms with van der Waals surface area (Å²) in [4.78, 5) is 12.1. The molecule has 1 amide bonds. The van der Waals surface area contributed by atoms with Crippen LogP contribution in [-0.4, -0.2) is 23.7 Å². The molecule has 0 unspecified atom stereocenters. The van der Waals surface area contributed by atoms with Crippen molar-refractivity contribution in [2.75, 3.05) is 6.54 Å². The van der Waals surface area contributed by atoms with E-state index in [0.717, 1.165) is 25.7 Å². The van der Waals surface area contributed by atoms with E-state index in [1.165, 1.54) is 5.56 Å². The van der Waals surface area contributed by atoms with Gasteiger partial charge in [-0.05, 0) is 30.7 Å². The van der Waals surface area contributed by atoms with E-state index in [4.69, 9.17) is 0 Å². The molecule has 1 aromatic carbocycles. The first-order chi connectivity index (χ1) is 9.70. The van der Waals surface area contributed by atoms with E-state index in [0.29, 0.717) is 13.0 Å². The second-order valence-electron chi connectivity index (χ2n) is 5.78. The molecule has 0 spiro atoms. The predicted molar refractivity (Wildman–Crippen MR) is 80.4 cm³/mol. The van der Waals surface area contributed by atoms with Gasteiger partial charge in [-0.1, -0.05) is 43.7 Å². The summed E-state index contributed by atoms with van der Waals surface area (Å²) in [5, 5.41) is 12.7. The molecule has 110 valence electrons. The summed E-state index contributed by atoms with van der Waals surface area (Å²) in [5.41, 5.74) is 1.23. The highest BCUT2D eigenvalue weighted by Crippen LogP contribution is 2.25. The molecule has 0 bridgehead atoms. The molecule has 1 fully saturated rings. The lowest BCUT2D eigenvalue weighted by Gasteiger charge is -2.18. The van der Waals surface area contributed by atoms with Gasteiger partial charge in [-0.2, -0.15) is 0 Å². The maximum Gasteiger partial charge on any atom is 0.220 e. The van der Waals surface area contributed by atoms with Gasteiger partial charge in [0.2, 0.25) is 5.91 Å². The number of aliphatic hydroxyl groups excluding tert-OH is 1. The van der Waals surface area contributed by atoms with Crippen LogP contribution in [0.4, 0.5) is 0 Å². The standard InChI is InChI=1S/C17H25NO2/c1-2-13(14-7-4-3-5-8-14)11-17(20)18-12-15-9-6-10-16(15)19/h3-5,7-8,13,15-16,19H,2,6,9-12H2,1H3,(H,18,20)/t13-,15+,16+/m1/s1. The van der Waals surface area contributed by atoms with Crippen LogP contribution in [-0.2, 0) is 4.79 Å². The second kappa shape index (κ2) is 7.44. The van der Waals surface area contributed by atoms with E-state index < -0.39 is 0 Å². The lowest BCUT2D eigenvalue weighted by molar-refractivity contribution is -0.121. The van der Waals surface area contributed by atoms with Gasteiger partial charge in [0.1, 0.15) is 0 Å². The molecule has 1 aromatic rings. The summed E-state index contributed by atoms with van der Waals surface area (Å²) in [7, 11) is 0. The number of carbonyl (C=O) groups excluding carboxylic acids is 1. The molecule has 0 saturated heterocycles. The molecule has 1 aliphatic carbocycles. The molecule has 2 rings (SSSR count). The first-order valence-electron chi connectivity index (χ1n) is 7.70. The Balaban J connectivity index is 1.80. The van der Waals surface area contributed by atoms with Crippen molar-refractivity contribution in [1.82, 2.24) is 5.32 Å². The zero-order valence-corrected chi connectivity index (χ0v) is 12.2. The Bertz CT molecular complexity index is 418. The fourth-order valence-electron chi connectivity index (χ4n) is 3.02. The lowest BCUT2D eigenvalue weighted by Crippen LogP contribution is -2.33. The van der Waals surface area contributed by atoms with Crippen molar-refractivity contribution < 1.29 is 9.90 Å². The number of hydrogen-bond donors (Lipinski definition) is 2. The van der Waals surface area contributed by atoms with Crippen molar-refractivity contribution in [1.29, 1.82) is 0 Å². The zero-order chi connectivity index (χ0) is 14.4.